The lowest BCUT2D eigenvalue weighted by Gasteiger charge is -2.26. The number of hydrogen-bond donors (Lipinski definition) is 0. The summed E-state index contributed by atoms with van der Waals surface area (Å²) >= 11 is 0. The Bertz CT molecular complexity index is 345. The third kappa shape index (κ3) is 3.17. The number of aromatic nitrogens is 1. The van der Waals surface area contributed by atoms with E-state index < -0.39 is 0 Å². The quantitative estimate of drug-likeness (QED) is 0.568. The molecule has 1 aliphatic heterocycles. The number of pyridine rings is 1. The van der Waals surface area contributed by atoms with Crippen LogP contribution in [-0.4, -0.2) is 23.9 Å². The minimum Gasteiger partial charge on any atom is -0.339 e. The summed E-state index contributed by atoms with van der Waals surface area (Å²) in [5.74, 6) is 0.176. The Morgan fingerprint density at radius 1 is 1.19 bits per heavy atom. The highest BCUT2D eigenvalue weighted by molar-refractivity contribution is 14.0. The van der Waals surface area contributed by atoms with Gasteiger partial charge < -0.3 is 4.90 Å². The van der Waals surface area contributed by atoms with E-state index in [1.807, 2.05) is 41.0 Å². The van der Waals surface area contributed by atoms with Gasteiger partial charge >= 0.3 is 0 Å². The number of aryl methyl sites for hydroxylation is 1. The van der Waals surface area contributed by atoms with E-state index in [1.165, 1.54) is 6.42 Å². The highest BCUT2D eigenvalue weighted by atomic mass is 127. The van der Waals surface area contributed by atoms with Crippen LogP contribution in [-0.2, 0) is 7.05 Å². The maximum absolute atomic E-state index is 12.0. The molecule has 3 nitrogen and oxygen atoms in total. The van der Waals surface area contributed by atoms with Crippen LogP contribution >= 0.6 is 24.0 Å². The van der Waals surface area contributed by atoms with E-state index in [2.05, 4.69) is 0 Å². The molecule has 88 valence electrons. The van der Waals surface area contributed by atoms with Gasteiger partial charge in [-0.15, -0.1) is 24.0 Å². The van der Waals surface area contributed by atoms with Crippen LogP contribution in [0.4, 0.5) is 0 Å². The Hall–Kier alpha value is -0.650. The zero-order valence-electron chi connectivity index (χ0n) is 9.56. The number of amides is 1. The van der Waals surface area contributed by atoms with Gasteiger partial charge in [0.2, 0.25) is 0 Å². The predicted octanol–water partition coefficient (Wildman–Crippen LogP) is 1.76. The molecule has 1 aliphatic rings. The largest absolute Gasteiger partial charge is 0.339 e. The average molecular weight is 333 g/mol. The molecule has 0 spiro atoms. The van der Waals surface area contributed by atoms with E-state index >= 15 is 0 Å². The van der Waals surface area contributed by atoms with Crippen LogP contribution in [0.2, 0.25) is 0 Å². The zero-order valence-corrected chi connectivity index (χ0v) is 11.9. The molecular weight excluding hydrogens is 315 g/mol. The average Bonchev–Trinajstić information content (AvgIpc) is 2.30. The molecule has 0 unspecified atom stereocenters. The van der Waals surface area contributed by atoms with E-state index in [4.69, 9.17) is 0 Å². The molecule has 16 heavy (non-hydrogen) atoms. The van der Waals surface area contributed by atoms with Gasteiger partial charge in [0.15, 0.2) is 12.4 Å². The van der Waals surface area contributed by atoms with Crippen LogP contribution in [0.25, 0.3) is 0 Å². The lowest BCUT2D eigenvalue weighted by Crippen LogP contribution is -2.36. The second kappa shape index (κ2) is 6.18. The molecule has 0 bridgehead atoms. The number of carbonyl (C=O) groups excluding carboxylic acids is 1. The van der Waals surface area contributed by atoms with Crippen molar-refractivity contribution in [1.82, 2.24) is 4.90 Å². The van der Waals surface area contributed by atoms with Crippen LogP contribution in [0, 0.1) is 0 Å². The number of hydrogen-bond acceptors (Lipinski definition) is 1. The summed E-state index contributed by atoms with van der Waals surface area (Å²) in [7, 11) is 1.95. The molecule has 0 radical (unpaired) electrons. The number of rotatable bonds is 1. The summed E-state index contributed by atoms with van der Waals surface area (Å²) in [5, 5.41) is 0. The van der Waals surface area contributed by atoms with E-state index in [1.54, 1.807) is 0 Å². The Morgan fingerprint density at radius 3 is 2.31 bits per heavy atom. The monoisotopic (exact) mass is 333 g/mol. The fraction of sp³-hybridized carbons (Fsp3) is 0.500. The second-order valence-electron chi connectivity index (χ2n) is 4.11. The Balaban J connectivity index is 0.00000128. The van der Waals surface area contributed by atoms with E-state index in [-0.39, 0.29) is 29.9 Å². The number of carbonyl (C=O) groups is 1. The lowest BCUT2D eigenvalue weighted by molar-refractivity contribution is -0.671. The third-order valence-electron chi connectivity index (χ3n) is 2.87. The second-order valence-corrected chi connectivity index (χ2v) is 4.11. The maximum Gasteiger partial charge on any atom is 0.254 e. The number of piperidine rings is 1. The van der Waals surface area contributed by atoms with Crippen LogP contribution in [0.15, 0.2) is 24.5 Å². The first-order valence-corrected chi connectivity index (χ1v) is 5.52. The van der Waals surface area contributed by atoms with Gasteiger partial charge in [-0.05, 0) is 19.3 Å². The Morgan fingerprint density at radius 2 is 1.75 bits per heavy atom. The van der Waals surface area contributed by atoms with Gasteiger partial charge in [0.25, 0.3) is 5.91 Å². The van der Waals surface area contributed by atoms with Crippen molar-refractivity contribution in [3.8, 4) is 0 Å². The molecule has 0 aromatic carbocycles. The van der Waals surface area contributed by atoms with Crippen LogP contribution < -0.4 is 4.57 Å². The normalized spacial score (nSPS) is 15.4. The third-order valence-corrected chi connectivity index (χ3v) is 2.87. The summed E-state index contributed by atoms with van der Waals surface area (Å²) in [4.78, 5) is 14.0. The molecule has 4 heteroatoms. The maximum atomic E-state index is 12.0. The van der Waals surface area contributed by atoms with Crippen molar-refractivity contribution in [2.24, 2.45) is 7.05 Å². The first-order valence-electron chi connectivity index (χ1n) is 5.52. The summed E-state index contributed by atoms with van der Waals surface area (Å²) < 4.78 is 1.94. The minimum absolute atomic E-state index is 0. The molecule has 0 aliphatic carbocycles. The number of nitrogens with zero attached hydrogens (tertiary/aromatic N) is 2. The van der Waals surface area contributed by atoms with Gasteiger partial charge in [0.05, 0.1) is 5.56 Å². The number of halogens is 1. The molecule has 1 fully saturated rings. The molecular formula is C12H18IN2O+. The molecule has 2 rings (SSSR count). The molecule has 0 saturated carbocycles. The minimum atomic E-state index is 0. The highest BCUT2D eigenvalue weighted by Gasteiger charge is 2.18. The first kappa shape index (κ1) is 13.4. The van der Waals surface area contributed by atoms with Gasteiger partial charge in [0.1, 0.15) is 7.05 Å². The van der Waals surface area contributed by atoms with E-state index in [9.17, 15) is 4.79 Å². The van der Waals surface area contributed by atoms with Crippen molar-refractivity contribution in [3.63, 3.8) is 0 Å². The fourth-order valence-corrected chi connectivity index (χ4v) is 1.92. The van der Waals surface area contributed by atoms with Crippen LogP contribution in [0.1, 0.15) is 29.6 Å². The highest BCUT2D eigenvalue weighted by Crippen LogP contribution is 2.12. The smallest absolute Gasteiger partial charge is 0.254 e. The van der Waals surface area contributed by atoms with Gasteiger partial charge in [-0.25, -0.2) is 4.57 Å². The topological polar surface area (TPSA) is 24.2 Å². The van der Waals surface area contributed by atoms with Crippen molar-refractivity contribution in [1.29, 1.82) is 0 Å². The van der Waals surface area contributed by atoms with Crippen molar-refractivity contribution >= 4 is 29.9 Å². The molecule has 1 amide bonds. The standard InChI is InChI=1S/C12H17N2O.HI/c1-13-9-5-11(6-10-13)12(15)14-7-3-2-4-8-14;/h5-6,9-10H,2-4,7-8H2,1H3;1H/q+1;. The first-order chi connectivity index (χ1) is 7.27. The van der Waals surface area contributed by atoms with Crippen molar-refractivity contribution in [2.75, 3.05) is 13.1 Å². The molecule has 1 aromatic rings. The predicted molar refractivity (Wildman–Crippen MR) is 72.8 cm³/mol. The van der Waals surface area contributed by atoms with Gasteiger partial charge in [0, 0.05) is 25.2 Å². The van der Waals surface area contributed by atoms with Gasteiger partial charge in [-0.2, -0.15) is 0 Å². The number of likely N-dealkylation sites (tertiary alicyclic amines) is 1. The molecule has 0 N–H and O–H groups in total. The lowest BCUT2D eigenvalue weighted by atomic mass is 10.1. The summed E-state index contributed by atoms with van der Waals surface area (Å²) in [5.41, 5.74) is 0.801. The summed E-state index contributed by atoms with van der Waals surface area (Å²) in [6.45, 7) is 1.83. The van der Waals surface area contributed by atoms with Crippen LogP contribution in [0.3, 0.4) is 0 Å². The van der Waals surface area contributed by atoms with Crippen molar-refractivity contribution in [3.05, 3.63) is 30.1 Å². The molecule has 1 saturated heterocycles. The molecule has 1 aromatic heterocycles. The molecule has 0 atom stereocenters. The van der Waals surface area contributed by atoms with Crippen molar-refractivity contribution < 1.29 is 9.36 Å². The zero-order chi connectivity index (χ0) is 10.7. The summed E-state index contributed by atoms with van der Waals surface area (Å²) in [6, 6.07) is 3.77. The van der Waals surface area contributed by atoms with Crippen LogP contribution in [0.5, 0.6) is 0 Å². The summed E-state index contributed by atoms with van der Waals surface area (Å²) in [6.07, 6.45) is 7.38. The Labute approximate surface area is 113 Å². The SMILES string of the molecule is C[n+]1ccc(C(=O)N2CCCCC2)cc1.I. The molecule has 2 heterocycles. The van der Waals surface area contributed by atoms with Crippen molar-refractivity contribution in [2.45, 2.75) is 19.3 Å². The van der Waals surface area contributed by atoms with Gasteiger partial charge in [-0.3, -0.25) is 4.79 Å². The Kier molecular flexibility index (Phi) is 5.18. The van der Waals surface area contributed by atoms with E-state index in [0.29, 0.717) is 0 Å². The fourth-order valence-electron chi connectivity index (χ4n) is 1.92. The van der Waals surface area contributed by atoms with E-state index in [0.717, 1.165) is 31.5 Å². The van der Waals surface area contributed by atoms with Gasteiger partial charge in [-0.1, -0.05) is 0 Å².